The molecule has 1 atom stereocenters. The Kier molecular flexibility index (Phi) is 5.26. The van der Waals surface area contributed by atoms with E-state index in [0.717, 1.165) is 30.5 Å². The maximum absolute atomic E-state index is 12.2. The number of carbonyl (C=O) groups excluding carboxylic acids is 1. The highest BCUT2D eigenvalue weighted by Crippen LogP contribution is 2.34. The summed E-state index contributed by atoms with van der Waals surface area (Å²) in [5.74, 6) is -0.0123. The van der Waals surface area contributed by atoms with Gasteiger partial charge in [-0.2, -0.15) is 0 Å². The zero-order valence-corrected chi connectivity index (χ0v) is 14.5. The van der Waals surface area contributed by atoms with E-state index in [2.05, 4.69) is 29.0 Å². The molecule has 1 fully saturated rings. The third kappa shape index (κ3) is 3.71. The molecule has 2 N–H and O–H groups in total. The van der Waals surface area contributed by atoms with Crippen LogP contribution in [0, 0.1) is 0 Å². The van der Waals surface area contributed by atoms with Crippen molar-refractivity contribution in [2.24, 2.45) is 0 Å². The molecule has 3 nitrogen and oxygen atoms in total. The van der Waals surface area contributed by atoms with Crippen LogP contribution in [0.4, 0.5) is 5.69 Å². The van der Waals surface area contributed by atoms with Crippen molar-refractivity contribution in [3.8, 4) is 11.1 Å². The lowest BCUT2D eigenvalue weighted by Crippen LogP contribution is -2.35. The van der Waals surface area contributed by atoms with Crippen LogP contribution in [-0.4, -0.2) is 24.7 Å². The van der Waals surface area contributed by atoms with Gasteiger partial charge in [-0.1, -0.05) is 35.9 Å². The normalized spacial score (nSPS) is 17.2. The fourth-order valence-electron chi connectivity index (χ4n) is 2.80. The maximum Gasteiger partial charge on any atom is 0.241 e. The third-order valence-corrected chi connectivity index (χ3v) is 5.13. The molecule has 1 amide bonds. The monoisotopic (exact) mass is 346 g/mol. The third-order valence-electron chi connectivity index (χ3n) is 4.02. The molecule has 0 saturated carbocycles. The van der Waals surface area contributed by atoms with Crippen molar-refractivity contribution in [3.63, 3.8) is 0 Å². The van der Waals surface area contributed by atoms with Gasteiger partial charge in [-0.3, -0.25) is 4.79 Å². The van der Waals surface area contributed by atoms with E-state index in [1.165, 1.54) is 4.90 Å². The molecule has 5 heteroatoms. The molecule has 1 saturated heterocycles. The Morgan fingerprint density at radius 2 is 2.13 bits per heavy atom. The topological polar surface area (TPSA) is 41.1 Å². The van der Waals surface area contributed by atoms with Gasteiger partial charge in [0.25, 0.3) is 0 Å². The molecule has 0 spiro atoms. The molecule has 120 valence electrons. The summed E-state index contributed by atoms with van der Waals surface area (Å²) in [5.41, 5.74) is 2.87. The molecule has 0 radical (unpaired) electrons. The van der Waals surface area contributed by atoms with Crippen molar-refractivity contribution in [2.45, 2.75) is 23.8 Å². The first kappa shape index (κ1) is 16.4. The molecular weight excluding hydrogens is 328 g/mol. The Labute approximate surface area is 145 Å². The van der Waals surface area contributed by atoms with Crippen LogP contribution in [0.15, 0.2) is 47.4 Å². The van der Waals surface area contributed by atoms with Crippen molar-refractivity contribution in [1.82, 2.24) is 5.32 Å². The van der Waals surface area contributed by atoms with Crippen LogP contribution < -0.4 is 10.6 Å². The molecule has 1 aliphatic heterocycles. The number of rotatable bonds is 4. The molecule has 1 heterocycles. The number of thioether (sulfide) groups is 1. The summed E-state index contributed by atoms with van der Waals surface area (Å²) in [6, 6.07) is 13.9. The fourth-order valence-corrected chi connectivity index (χ4v) is 3.64. The standard InChI is InChI=1S/C18H19ClN2OS/c1-23-17-7-3-2-5-13(17)12-8-9-15(14(19)11-12)21-18(22)16-6-4-10-20-16/h2-3,5,7-9,11,16,20H,4,6,10H2,1H3,(H,21,22). The van der Waals surface area contributed by atoms with Crippen LogP contribution >= 0.6 is 23.4 Å². The van der Waals surface area contributed by atoms with Gasteiger partial charge in [0.15, 0.2) is 0 Å². The molecule has 0 aliphatic carbocycles. The number of halogens is 1. The van der Waals surface area contributed by atoms with Crippen molar-refractivity contribution in [1.29, 1.82) is 0 Å². The number of benzene rings is 2. The number of hydrogen-bond donors (Lipinski definition) is 2. The van der Waals surface area contributed by atoms with Gasteiger partial charge in [0, 0.05) is 4.90 Å². The molecule has 0 bridgehead atoms. The summed E-state index contributed by atoms with van der Waals surface area (Å²) < 4.78 is 0. The van der Waals surface area contributed by atoms with E-state index in [9.17, 15) is 4.79 Å². The highest BCUT2D eigenvalue weighted by molar-refractivity contribution is 7.98. The lowest BCUT2D eigenvalue weighted by molar-refractivity contribution is -0.117. The van der Waals surface area contributed by atoms with E-state index in [0.29, 0.717) is 10.7 Å². The molecule has 0 aromatic heterocycles. The largest absolute Gasteiger partial charge is 0.323 e. The molecule has 3 rings (SSSR count). The minimum atomic E-state index is -0.108. The maximum atomic E-state index is 12.2. The van der Waals surface area contributed by atoms with Gasteiger partial charge in [-0.25, -0.2) is 0 Å². The number of nitrogens with one attached hydrogen (secondary N) is 2. The predicted octanol–water partition coefficient (Wildman–Crippen LogP) is 4.42. The molecule has 1 aliphatic rings. The van der Waals surface area contributed by atoms with Crippen molar-refractivity contribution in [2.75, 3.05) is 18.1 Å². The van der Waals surface area contributed by atoms with E-state index in [-0.39, 0.29) is 11.9 Å². The van der Waals surface area contributed by atoms with E-state index in [1.807, 2.05) is 30.3 Å². The smallest absolute Gasteiger partial charge is 0.241 e. The van der Waals surface area contributed by atoms with E-state index in [1.54, 1.807) is 11.8 Å². The van der Waals surface area contributed by atoms with Crippen LogP contribution in [0.5, 0.6) is 0 Å². The van der Waals surface area contributed by atoms with Crippen LogP contribution in [0.25, 0.3) is 11.1 Å². The molecule has 2 aromatic rings. The van der Waals surface area contributed by atoms with Crippen LogP contribution in [0.1, 0.15) is 12.8 Å². The Hall–Kier alpha value is -1.49. The molecule has 23 heavy (non-hydrogen) atoms. The van der Waals surface area contributed by atoms with Crippen molar-refractivity contribution in [3.05, 3.63) is 47.5 Å². The summed E-state index contributed by atoms with van der Waals surface area (Å²) in [6.45, 7) is 0.899. The second kappa shape index (κ2) is 7.39. The fraction of sp³-hybridized carbons (Fsp3) is 0.278. The Balaban J connectivity index is 1.81. The van der Waals surface area contributed by atoms with Crippen LogP contribution in [0.2, 0.25) is 5.02 Å². The average molecular weight is 347 g/mol. The highest BCUT2D eigenvalue weighted by atomic mass is 35.5. The quantitative estimate of drug-likeness (QED) is 0.805. The van der Waals surface area contributed by atoms with Gasteiger partial charge in [0.2, 0.25) is 5.91 Å². The summed E-state index contributed by atoms with van der Waals surface area (Å²) in [7, 11) is 0. The van der Waals surface area contributed by atoms with Gasteiger partial charge in [0.05, 0.1) is 16.8 Å². The average Bonchev–Trinajstić information content (AvgIpc) is 3.11. The van der Waals surface area contributed by atoms with E-state index in [4.69, 9.17) is 11.6 Å². The first-order chi connectivity index (χ1) is 11.2. The Morgan fingerprint density at radius 3 is 2.83 bits per heavy atom. The van der Waals surface area contributed by atoms with Crippen molar-refractivity contribution < 1.29 is 4.79 Å². The predicted molar refractivity (Wildman–Crippen MR) is 98.3 cm³/mol. The van der Waals surface area contributed by atoms with Gasteiger partial charge < -0.3 is 10.6 Å². The molecular formula is C18H19ClN2OS. The first-order valence-corrected chi connectivity index (χ1v) is 9.26. The van der Waals surface area contributed by atoms with Gasteiger partial charge in [-0.05, 0) is 55.0 Å². The summed E-state index contributed by atoms with van der Waals surface area (Å²) in [4.78, 5) is 13.4. The SMILES string of the molecule is CSc1ccccc1-c1ccc(NC(=O)C2CCCN2)c(Cl)c1. The highest BCUT2D eigenvalue weighted by Gasteiger charge is 2.22. The number of carbonyl (C=O) groups is 1. The minimum absolute atomic E-state index is 0.0123. The zero-order valence-electron chi connectivity index (χ0n) is 12.9. The van der Waals surface area contributed by atoms with Crippen LogP contribution in [0.3, 0.4) is 0 Å². The summed E-state index contributed by atoms with van der Waals surface area (Å²) >= 11 is 8.09. The number of hydrogen-bond acceptors (Lipinski definition) is 3. The molecule has 1 unspecified atom stereocenters. The first-order valence-electron chi connectivity index (χ1n) is 7.66. The van der Waals surface area contributed by atoms with Crippen molar-refractivity contribution >= 4 is 35.0 Å². The molecule has 2 aromatic carbocycles. The number of amides is 1. The summed E-state index contributed by atoms with van der Waals surface area (Å²) in [6.07, 6.45) is 3.97. The van der Waals surface area contributed by atoms with Gasteiger partial charge >= 0.3 is 0 Å². The van der Waals surface area contributed by atoms with Gasteiger partial charge in [0.1, 0.15) is 0 Å². The second-order valence-corrected chi connectivity index (χ2v) is 6.79. The number of anilines is 1. The van der Waals surface area contributed by atoms with E-state index < -0.39 is 0 Å². The lowest BCUT2D eigenvalue weighted by atomic mass is 10.1. The zero-order chi connectivity index (χ0) is 16.2. The summed E-state index contributed by atoms with van der Waals surface area (Å²) in [5, 5.41) is 6.67. The van der Waals surface area contributed by atoms with E-state index >= 15 is 0 Å². The second-order valence-electron chi connectivity index (χ2n) is 5.53. The Bertz CT molecular complexity index is 714. The van der Waals surface area contributed by atoms with Gasteiger partial charge in [-0.15, -0.1) is 11.8 Å². The Morgan fingerprint density at radius 1 is 1.30 bits per heavy atom. The minimum Gasteiger partial charge on any atom is -0.323 e. The lowest BCUT2D eigenvalue weighted by Gasteiger charge is -2.14. The van der Waals surface area contributed by atoms with Crippen LogP contribution in [-0.2, 0) is 4.79 Å².